The summed E-state index contributed by atoms with van der Waals surface area (Å²) in [6.45, 7) is 8.77. The van der Waals surface area contributed by atoms with E-state index in [0.29, 0.717) is 12.5 Å². The highest BCUT2D eigenvalue weighted by atomic mass is 15.3. The van der Waals surface area contributed by atoms with Gasteiger partial charge < -0.3 is 10.6 Å². The number of fused-ring (bicyclic) bond motifs is 1. The van der Waals surface area contributed by atoms with E-state index in [1.54, 1.807) is 0 Å². The van der Waals surface area contributed by atoms with Crippen LogP contribution in [0, 0.1) is 12.8 Å². The quantitative estimate of drug-likeness (QED) is 0.894. The zero-order chi connectivity index (χ0) is 13.8. The van der Waals surface area contributed by atoms with Crippen molar-refractivity contribution in [2.24, 2.45) is 11.7 Å². The number of nitrogens with zero attached hydrogens (tertiary/aromatic N) is 3. The molecule has 2 aromatic rings. The predicted molar refractivity (Wildman–Crippen MR) is 80.4 cm³/mol. The molecule has 1 aromatic carbocycles. The van der Waals surface area contributed by atoms with Gasteiger partial charge in [0.1, 0.15) is 0 Å². The summed E-state index contributed by atoms with van der Waals surface area (Å²) in [5.74, 6) is 1.51. The molecule has 0 bridgehead atoms. The number of hydrogen-bond donors (Lipinski definition) is 1. The molecule has 0 atom stereocenters. The number of anilines is 1. The Balaban J connectivity index is 2.50. The van der Waals surface area contributed by atoms with Crippen molar-refractivity contribution in [3.8, 4) is 0 Å². The van der Waals surface area contributed by atoms with Crippen LogP contribution in [0.2, 0.25) is 0 Å². The standard InChI is InChI=1S/C15H22N4/c1-11(2)10-19(9-8-16)15-14-7-5-4-6-13(14)12(3)17-18-15/h4-7,11H,8-10,16H2,1-3H3. The van der Waals surface area contributed by atoms with Crippen molar-refractivity contribution in [1.82, 2.24) is 10.2 Å². The predicted octanol–water partition coefficient (Wildman–Crippen LogP) is 2.36. The fraction of sp³-hybridized carbons (Fsp3) is 0.467. The van der Waals surface area contributed by atoms with E-state index in [9.17, 15) is 0 Å². The largest absolute Gasteiger partial charge is 0.353 e. The Morgan fingerprint density at radius 3 is 2.47 bits per heavy atom. The summed E-state index contributed by atoms with van der Waals surface area (Å²) in [6, 6.07) is 8.29. The third-order valence-electron chi connectivity index (χ3n) is 3.14. The van der Waals surface area contributed by atoms with Crippen LogP contribution in [0.3, 0.4) is 0 Å². The van der Waals surface area contributed by atoms with Crippen LogP contribution < -0.4 is 10.6 Å². The first-order valence-corrected chi connectivity index (χ1v) is 6.80. The summed E-state index contributed by atoms with van der Waals surface area (Å²) in [4.78, 5) is 2.24. The molecule has 0 fully saturated rings. The van der Waals surface area contributed by atoms with Crippen molar-refractivity contribution >= 4 is 16.6 Å². The maximum absolute atomic E-state index is 5.73. The highest BCUT2D eigenvalue weighted by Gasteiger charge is 2.14. The van der Waals surface area contributed by atoms with Gasteiger partial charge in [-0.1, -0.05) is 38.1 Å². The zero-order valence-electron chi connectivity index (χ0n) is 11.9. The molecule has 0 aliphatic carbocycles. The highest BCUT2D eigenvalue weighted by Crippen LogP contribution is 2.25. The SMILES string of the molecule is Cc1nnc(N(CCN)CC(C)C)c2ccccc12. The van der Waals surface area contributed by atoms with E-state index in [-0.39, 0.29) is 0 Å². The summed E-state index contributed by atoms with van der Waals surface area (Å²) in [6.07, 6.45) is 0. The number of rotatable bonds is 5. The fourth-order valence-corrected chi connectivity index (χ4v) is 2.34. The van der Waals surface area contributed by atoms with Crippen molar-refractivity contribution in [2.75, 3.05) is 24.5 Å². The van der Waals surface area contributed by atoms with E-state index < -0.39 is 0 Å². The van der Waals surface area contributed by atoms with Gasteiger partial charge in [0, 0.05) is 30.4 Å². The first kappa shape index (κ1) is 13.7. The summed E-state index contributed by atoms with van der Waals surface area (Å²) in [7, 11) is 0. The normalized spacial score (nSPS) is 11.2. The van der Waals surface area contributed by atoms with Gasteiger partial charge >= 0.3 is 0 Å². The van der Waals surface area contributed by atoms with Gasteiger partial charge in [-0.25, -0.2) is 0 Å². The van der Waals surface area contributed by atoms with Gasteiger partial charge in [0.2, 0.25) is 0 Å². The third-order valence-corrected chi connectivity index (χ3v) is 3.14. The molecule has 19 heavy (non-hydrogen) atoms. The number of benzene rings is 1. The minimum atomic E-state index is 0.563. The molecule has 2 N–H and O–H groups in total. The molecule has 0 saturated carbocycles. The molecule has 4 nitrogen and oxygen atoms in total. The summed E-state index contributed by atoms with van der Waals surface area (Å²) in [5.41, 5.74) is 6.70. The van der Waals surface area contributed by atoms with Crippen molar-refractivity contribution in [3.05, 3.63) is 30.0 Å². The second kappa shape index (κ2) is 5.97. The lowest BCUT2D eigenvalue weighted by molar-refractivity contribution is 0.606. The molecule has 0 spiro atoms. The van der Waals surface area contributed by atoms with E-state index in [0.717, 1.165) is 30.0 Å². The van der Waals surface area contributed by atoms with Gasteiger partial charge in [-0.05, 0) is 12.8 Å². The topological polar surface area (TPSA) is 55.0 Å². The van der Waals surface area contributed by atoms with Crippen LogP contribution in [0.15, 0.2) is 24.3 Å². The van der Waals surface area contributed by atoms with Crippen LogP contribution in [0.1, 0.15) is 19.5 Å². The lowest BCUT2D eigenvalue weighted by Gasteiger charge is -2.25. The smallest absolute Gasteiger partial charge is 0.159 e. The van der Waals surface area contributed by atoms with E-state index in [1.807, 2.05) is 19.1 Å². The highest BCUT2D eigenvalue weighted by molar-refractivity contribution is 5.93. The van der Waals surface area contributed by atoms with Crippen molar-refractivity contribution in [3.63, 3.8) is 0 Å². The molecule has 0 aliphatic rings. The van der Waals surface area contributed by atoms with Crippen LogP contribution >= 0.6 is 0 Å². The van der Waals surface area contributed by atoms with Gasteiger partial charge in [0.25, 0.3) is 0 Å². The monoisotopic (exact) mass is 258 g/mol. The molecule has 0 radical (unpaired) electrons. The average Bonchev–Trinajstić information content (AvgIpc) is 2.39. The minimum absolute atomic E-state index is 0.563. The van der Waals surface area contributed by atoms with E-state index in [1.165, 1.54) is 5.39 Å². The molecule has 0 amide bonds. The Hall–Kier alpha value is -1.68. The van der Waals surface area contributed by atoms with Gasteiger partial charge in [0.05, 0.1) is 5.69 Å². The Kier molecular flexibility index (Phi) is 4.32. The molecule has 0 unspecified atom stereocenters. The van der Waals surface area contributed by atoms with Crippen molar-refractivity contribution in [1.29, 1.82) is 0 Å². The number of aromatic nitrogens is 2. The average molecular weight is 258 g/mol. The maximum atomic E-state index is 5.73. The Morgan fingerprint density at radius 2 is 1.84 bits per heavy atom. The third kappa shape index (κ3) is 3.01. The second-order valence-electron chi connectivity index (χ2n) is 5.28. The van der Waals surface area contributed by atoms with Crippen LogP contribution in [0.4, 0.5) is 5.82 Å². The maximum Gasteiger partial charge on any atom is 0.159 e. The molecule has 1 heterocycles. The van der Waals surface area contributed by atoms with Gasteiger partial charge in [0.15, 0.2) is 5.82 Å². The van der Waals surface area contributed by atoms with Crippen LogP contribution in [-0.2, 0) is 0 Å². The van der Waals surface area contributed by atoms with Crippen LogP contribution in [0.5, 0.6) is 0 Å². The molecule has 102 valence electrons. The molecular formula is C15H22N4. The van der Waals surface area contributed by atoms with Gasteiger partial charge in [-0.3, -0.25) is 0 Å². The van der Waals surface area contributed by atoms with Gasteiger partial charge in [-0.2, -0.15) is 5.10 Å². The van der Waals surface area contributed by atoms with Crippen LogP contribution in [-0.4, -0.2) is 29.8 Å². The summed E-state index contributed by atoms with van der Waals surface area (Å²) in [5, 5.41) is 11.0. The molecule has 0 aliphatic heterocycles. The van der Waals surface area contributed by atoms with Crippen LogP contribution in [0.25, 0.3) is 10.8 Å². The lowest BCUT2D eigenvalue weighted by atomic mass is 10.1. The van der Waals surface area contributed by atoms with Crippen molar-refractivity contribution in [2.45, 2.75) is 20.8 Å². The summed E-state index contributed by atoms with van der Waals surface area (Å²) < 4.78 is 0. The number of aryl methyl sites for hydroxylation is 1. The van der Waals surface area contributed by atoms with Gasteiger partial charge in [-0.15, -0.1) is 5.10 Å². The van der Waals surface area contributed by atoms with E-state index >= 15 is 0 Å². The Labute approximate surface area is 114 Å². The zero-order valence-corrected chi connectivity index (χ0v) is 11.9. The molecule has 4 heteroatoms. The first-order chi connectivity index (χ1) is 9.13. The molecule has 0 saturated heterocycles. The molecule has 1 aromatic heterocycles. The lowest BCUT2D eigenvalue weighted by Crippen LogP contribution is -2.33. The second-order valence-corrected chi connectivity index (χ2v) is 5.28. The fourth-order valence-electron chi connectivity index (χ4n) is 2.34. The van der Waals surface area contributed by atoms with E-state index in [2.05, 4.69) is 41.1 Å². The van der Waals surface area contributed by atoms with Crippen molar-refractivity contribution < 1.29 is 0 Å². The first-order valence-electron chi connectivity index (χ1n) is 6.80. The minimum Gasteiger partial charge on any atom is -0.353 e. The van der Waals surface area contributed by atoms with E-state index in [4.69, 9.17) is 5.73 Å². The molecular weight excluding hydrogens is 236 g/mol. The number of hydrogen-bond acceptors (Lipinski definition) is 4. The Bertz CT molecular complexity index is 551. The summed E-state index contributed by atoms with van der Waals surface area (Å²) >= 11 is 0. The number of nitrogens with two attached hydrogens (primary N) is 1. The Morgan fingerprint density at radius 1 is 1.16 bits per heavy atom. The molecule has 2 rings (SSSR count).